The number of rotatable bonds is 12. The molecule has 2 aromatic rings. The van der Waals surface area contributed by atoms with Crippen LogP contribution in [0.15, 0.2) is 41.5 Å². The summed E-state index contributed by atoms with van der Waals surface area (Å²) in [5.74, 6) is -1.85. The van der Waals surface area contributed by atoms with E-state index in [9.17, 15) is 18.8 Å². The first-order chi connectivity index (χ1) is 17.2. The summed E-state index contributed by atoms with van der Waals surface area (Å²) in [7, 11) is 1.44. The zero-order chi connectivity index (χ0) is 26.5. The van der Waals surface area contributed by atoms with Crippen molar-refractivity contribution in [2.24, 2.45) is 5.10 Å². The van der Waals surface area contributed by atoms with Crippen LogP contribution in [-0.2, 0) is 19.1 Å². The van der Waals surface area contributed by atoms with Gasteiger partial charge in [0, 0.05) is 18.8 Å². The molecule has 0 aliphatic heterocycles. The number of hydrazone groups is 1. The number of benzene rings is 2. The third kappa shape index (κ3) is 10.2. The molecular formula is C24H28FIN4O6. The van der Waals surface area contributed by atoms with Crippen LogP contribution in [-0.4, -0.2) is 56.9 Å². The Bertz CT molecular complexity index is 1080. The van der Waals surface area contributed by atoms with Gasteiger partial charge in [-0.05, 0) is 84.8 Å². The molecule has 0 aliphatic carbocycles. The Morgan fingerprint density at radius 3 is 2.53 bits per heavy atom. The molecule has 0 atom stereocenters. The molecule has 12 heteroatoms. The van der Waals surface area contributed by atoms with E-state index >= 15 is 0 Å². The minimum atomic E-state index is -0.898. The number of carbonyl (C=O) groups excluding carboxylic acids is 3. The second-order valence-corrected chi connectivity index (χ2v) is 8.77. The monoisotopic (exact) mass is 614 g/mol. The molecule has 0 bridgehead atoms. The Balaban J connectivity index is 1.87. The van der Waals surface area contributed by atoms with Crippen LogP contribution in [0.2, 0.25) is 0 Å². The number of methoxy groups -OCH3 is 1. The number of halogens is 2. The molecule has 3 amide bonds. The van der Waals surface area contributed by atoms with Gasteiger partial charge in [0.2, 0.25) is 0 Å². The van der Waals surface area contributed by atoms with Crippen molar-refractivity contribution in [3.8, 4) is 11.5 Å². The molecule has 0 heterocycles. The summed E-state index contributed by atoms with van der Waals surface area (Å²) in [5.41, 5.74) is 3.16. The number of nitrogens with zero attached hydrogens (tertiary/aromatic N) is 1. The van der Waals surface area contributed by atoms with Gasteiger partial charge < -0.3 is 24.8 Å². The van der Waals surface area contributed by atoms with Crippen molar-refractivity contribution in [1.29, 1.82) is 0 Å². The first-order valence-electron chi connectivity index (χ1n) is 11.0. The van der Waals surface area contributed by atoms with Gasteiger partial charge >= 0.3 is 11.8 Å². The molecule has 194 valence electrons. The maximum Gasteiger partial charge on any atom is 0.329 e. The van der Waals surface area contributed by atoms with Crippen LogP contribution in [0.1, 0.15) is 25.8 Å². The molecule has 0 unspecified atom stereocenters. The van der Waals surface area contributed by atoms with E-state index in [1.54, 1.807) is 12.1 Å². The highest BCUT2D eigenvalue weighted by Gasteiger charge is 2.14. The molecule has 36 heavy (non-hydrogen) atoms. The lowest BCUT2D eigenvalue weighted by Crippen LogP contribution is -2.38. The number of anilines is 1. The Labute approximate surface area is 222 Å². The van der Waals surface area contributed by atoms with Crippen molar-refractivity contribution in [3.63, 3.8) is 0 Å². The molecule has 0 saturated carbocycles. The summed E-state index contributed by atoms with van der Waals surface area (Å²) in [5, 5.41) is 8.90. The van der Waals surface area contributed by atoms with Gasteiger partial charge in [0.25, 0.3) is 5.91 Å². The lowest BCUT2D eigenvalue weighted by Gasteiger charge is -2.13. The van der Waals surface area contributed by atoms with E-state index in [1.807, 2.05) is 36.4 Å². The van der Waals surface area contributed by atoms with E-state index in [1.165, 1.54) is 37.6 Å². The van der Waals surface area contributed by atoms with Crippen molar-refractivity contribution in [1.82, 2.24) is 10.7 Å². The SMILES string of the molecule is COc1cc(/C=N\NC(=O)C(=O)NCCCOC(C)C)cc(I)c1OCC(=O)Nc1ccc(F)cc1. The van der Waals surface area contributed by atoms with Gasteiger partial charge in [-0.25, -0.2) is 9.82 Å². The summed E-state index contributed by atoms with van der Waals surface area (Å²) in [6.45, 7) is 4.32. The minimum absolute atomic E-state index is 0.105. The molecule has 2 rings (SSSR count). The van der Waals surface area contributed by atoms with E-state index in [4.69, 9.17) is 14.2 Å². The van der Waals surface area contributed by atoms with E-state index < -0.39 is 23.5 Å². The highest BCUT2D eigenvalue weighted by atomic mass is 127. The second-order valence-electron chi connectivity index (χ2n) is 7.61. The zero-order valence-electron chi connectivity index (χ0n) is 20.1. The topological polar surface area (TPSA) is 127 Å². The van der Waals surface area contributed by atoms with Crippen molar-refractivity contribution < 1.29 is 33.0 Å². The first-order valence-corrected chi connectivity index (χ1v) is 12.1. The van der Waals surface area contributed by atoms with Crippen molar-refractivity contribution in [3.05, 3.63) is 51.3 Å². The molecule has 2 aromatic carbocycles. The standard InChI is InChI=1S/C24H28FIN4O6/c1-15(2)35-10-4-9-27-23(32)24(33)30-28-13-16-11-19(26)22(20(12-16)34-3)36-14-21(31)29-18-7-5-17(25)6-8-18/h5-8,11-13,15H,4,9-10,14H2,1-3H3,(H,27,32)(H,29,31)(H,30,33)/b28-13-. The number of amides is 3. The van der Waals surface area contributed by atoms with E-state index in [2.05, 4.69) is 21.2 Å². The summed E-state index contributed by atoms with van der Waals surface area (Å²) < 4.78 is 29.9. The van der Waals surface area contributed by atoms with Crippen LogP contribution >= 0.6 is 22.6 Å². The van der Waals surface area contributed by atoms with Gasteiger partial charge in [-0.2, -0.15) is 5.10 Å². The highest BCUT2D eigenvalue weighted by Crippen LogP contribution is 2.33. The third-order valence-corrected chi connectivity index (χ3v) is 5.17. The number of hydrogen-bond donors (Lipinski definition) is 3. The van der Waals surface area contributed by atoms with Crippen molar-refractivity contribution >= 4 is 52.2 Å². The van der Waals surface area contributed by atoms with Crippen LogP contribution < -0.4 is 25.5 Å². The van der Waals surface area contributed by atoms with Gasteiger partial charge in [0.05, 0.1) is 23.0 Å². The summed E-state index contributed by atoms with van der Waals surface area (Å²) >= 11 is 2.01. The Morgan fingerprint density at radius 2 is 1.86 bits per heavy atom. The molecule has 0 fully saturated rings. The average Bonchev–Trinajstić information content (AvgIpc) is 2.83. The fraction of sp³-hybridized carbons (Fsp3) is 0.333. The van der Waals surface area contributed by atoms with Crippen molar-refractivity contribution in [2.75, 3.05) is 32.2 Å². The lowest BCUT2D eigenvalue weighted by molar-refractivity contribution is -0.139. The number of ether oxygens (including phenoxy) is 3. The smallest absolute Gasteiger partial charge is 0.329 e. The van der Waals surface area contributed by atoms with Gasteiger partial charge in [-0.15, -0.1) is 0 Å². The Morgan fingerprint density at radius 1 is 1.14 bits per heavy atom. The fourth-order valence-electron chi connectivity index (χ4n) is 2.71. The molecule has 0 aliphatic rings. The average molecular weight is 614 g/mol. The number of hydrogen-bond acceptors (Lipinski definition) is 7. The van der Waals surface area contributed by atoms with Crippen LogP contribution in [0.4, 0.5) is 10.1 Å². The van der Waals surface area contributed by atoms with Crippen LogP contribution in [0.3, 0.4) is 0 Å². The van der Waals surface area contributed by atoms with Gasteiger partial charge in [0.1, 0.15) is 5.82 Å². The van der Waals surface area contributed by atoms with Crippen LogP contribution in [0.25, 0.3) is 0 Å². The fourth-order valence-corrected chi connectivity index (χ4v) is 3.49. The van der Waals surface area contributed by atoms with Gasteiger partial charge in [-0.1, -0.05) is 0 Å². The van der Waals surface area contributed by atoms with Gasteiger partial charge in [0.15, 0.2) is 18.1 Å². The maximum absolute atomic E-state index is 13.0. The van der Waals surface area contributed by atoms with Crippen LogP contribution in [0.5, 0.6) is 11.5 Å². The van der Waals surface area contributed by atoms with Crippen molar-refractivity contribution in [2.45, 2.75) is 26.4 Å². The molecule has 3 N–H and O–H groups in total. The molecular weight excluding hydrogens is 586 g/mol. The normalized spacial score (nSPS) is 10.8. The van der Waals surface area contributed by atoms with E-state index in [-0.39, 0.29) is 12.7 Å². The second kappa shape index (κ2) is 15.0. The predicted octanol–water partition coefficient (Wildman–Crippen LogP) is 2.84. The zero-order valence-corrected chi connectivity index (χ0v) is 22.3. The van der Waals surface area contributed by atoms with E-state index in [0.717, 1.165) is 0 Å². The molecule has 0 saturated heterocycles. The first kappa shape index (κ1) is 29.0. The molecule has 0 aromatic heterocycles. The van der Waals surface area contributed by atoms with Crippen LogP contribution in [0, 0.1) is 9.39 Å². The Kier molecular flexibility index (Phi) is 12.1. The molecule has 10 nitrogen and oxygen atoms in total. The molecule has 0 radical (unpaired) electrons. The Hall–Kier alpha value is -3.26. The largest absolute Gasteiger partial charge is 0.493 e. The van der Waals surface area contributed by atoms with E-state index in [0.29, 0.717) is 45.9 Å². The lowest BCUT2D eigenvalue weighted by atomic mass is 10.2. The summed E-state index contributed by atoms with van der Waals surface area (Å²) in [4.78, 5) is 35.8. The highest BCUT2D eigenvalue weighted by molar-refractivity contribution is 14.1. The summed E-state index contributed by atoms with van der Waals surface area (Å²) in [6.07, 6.45) is 2.03. The quantitative estimate of drug-likeness (QED) is 0.111. The minimum Gasteiger partial charge on any atom is -0.493 e. The maximum atomic E-state index is 13.0. The third-order valence-electron chi connectivity index (χ3n) is 4.37. The summed E-state index contributed by atoms with van der Waals surface area (Å²) in [6, 6.07) is 8.65. The predicted molar refractivity (Wildman–Crippen MR) is 141 cm³/mol. The van der Waals surface area contributed by atoms with Gasteiger partial charge in [-0.3, -0.25) is 14.4 Å². The number of nitrogens with one attached hydrogen (secondary N) is 3. The molecule has 0 spiro atoms. The number of carbonyl (C=O) groups is 3.